The number of hydrogen-bond acceptors (Lipinski definition) is 3. The second-order valence-electron chi connectivity index (χ2n) is 6.77. The van der Waals surface area contributed by atoms with E-state index in [0.717, 1.165) is 43.1 Å². The average molecular weight is 351 g/mol. The Hall–Kier alpha value is -2.66. The van der Waals surface area contributed by atoms with Gasteiger partial charge in [0.25, 0.3) is 0 Å². The molecule has 0 amide bonds. The summed E-state index contributed by atoms with van der Waals surface area (Å²) in [6, 6.07) is 15.1. The summed E-state index contributed by atoms with van der Waals surface area (Å²) in [7, 11) is 0. The third kappa shape index (κ3) is 3.63. The van der Waals surface area contributed by atoms with Crippen molar-refractivity contribution >= 4 is 0 Å². The normalized spacial score (nSPS) is 14.2. The fourth-order valence-corrected chi connectivity index (χ4v) is 3.40. The molecule has 0 bridgehead atoms. The third-order valence-electron chi connectivity index (χ3n) is 4.85. The number of ether oxygens (including phenoxy) is 1. The molecule has 0 saturated carbocycles. The summed E-state index contributed by atoms with van der Waals surface area (Å²) < 4.78 is 19.3. The Bertz CT molecular complexity index is 892. The molecule has 5 heteroatoms. The van der Waals surface area contributed by atoms with Crippen LogP contribution in [-0.4, -0.2) is 21.6 Å². The average Bonchev–Trinajstić information content (AvgIpc) is 3.06. The van der Waals surface area contributed by atoms with E-state index >= 15 is 0 Å². The van der Waals surface area contributed by atoms with Crippen LogP contribution in [0.3, 0.4) is 0 Å². The van der Waals surface area contributed by atoms with Crippen molar-refractivity contribution in [3.63, 3.8) is 0 Å². The molecule has 0 saturated heterocycles. The predicted octanol–water partition coefficient (Wildman–Crippen LogP) is 3.99. The van der Waals surface area contributed by atoms with Crippen LogP contribution in [0.5, 0.6) is 5.75 Å². The highest BCUT2D eigenvalue weighted by atomic mass is 19.1. The highest BCUT2D eigenvalue weighted by molar-refractivity contribution is 5.29. The number of fused-ring (bicyclic) bond motifs is 1. The Morgan fingerprint density at radius 3 is 2.85 bits per heavy atom. The Morgan fingerprint density at radius 1 is 1.19 bits per heavy atom. The molecule has 4 nitrogen and oxygen atoms in total. The van der Waals surface area contributed by atoms with Gasteiger partial charge in [0.2, 0.25) is 0 Å². The van der Waals surface area contributed by atoms with Crippen LogP contribution in [0.25, 0.3) is 0 Å². The fraction of sp³-hybridized carbons (Fsp3) is 0.286. The van der Waals surface area contributed by atoms with Crippen molar-refractivity contribution in [1.82, 2.24) is 15.1 Å². The van der Waals surface area contributed by atoms with Crippen LogP contribution in [0, 0.1) is 12.7 Å². The van der Waals surface area contributed by atoms with Crippen LogP contribution >= 0.6 is 0 Å². The van der Waals surface area contributed by atoms with Gasteiger partial charge in [-0.05, 0) is 36.2 Å². The summed E-state index contributed by atoms with van der Waals surface area (Å²) in [5, 5.41) is 7.61. The minimum Gasteiger partial charge on any atom is -0.487 e. The van der Waals surface area contributed by atoms with Crippen molar-refractivity contribution in [3.05, 3.63) is 82.4 Å². The zero-order valence-corrected chi connectivity index (χ0v) is 14.8. The molecule has 4 rings (SSSR count). The number of halogens is 1. The largest absolute Gasteiger partial charge is 0.487 e. The molecule has 26 heavy (non-hydrogen) atoms. The van der Waals surface area contributed by atoms with Crippen LogP contribution in [0.4, 0.5) is 4.39 Å². The molecule has 0 radical (unpaired) electrons. The molecule has 1 aromatic heterocycles. The Labute approximate surface area is 152 Å². The third-order valence-corrected chi connectivity index (χ3v) is 4.85. The van der Waals surface area contributed by atoms with Gasteiger partial charge in [0.15, 0.2) is 0 Å². The van der Waals surface area contributed by atoms with E-state index in [1.165, 1.54) is 11.3 Å². The van der Waals surface area contributed by atoms with Gasteiger partial charge < -0.3 is 4.74 Å². The van der Waals surface area contributed by atoms with Crippen LogP contribution in [0.2, 0.25) is 0 Å². The first-order chi connectivity index (χ1) is 12.7. The van der Waals surface area contributed by atoms with E-state index in [2.05, 4.69) is 15.1 Å². The van der Waals surface area contributed by atoms with Crippen molar-refractivity contribution in [2.45, 2.75) is 33.0 Å². The predicted molar refractivity (Wildman–Crippen MR) is 98.3 cm³/mol. The van der Waals surface area contributed by atoms with Crippen molar-refractivity contribution in [3.8, 4) is 5.75 Å². The van der Waals surface area contributed by atoms with E-state index in [0.29, 0.717) is 12.2 Å². The van der Waals surface area contributed by atoms with E-state index in [4.69, 9.17) is 4.74 Å². The molecule has 0 atom stereocenters. The van der Waals surface area contributed by atoms with Gasteiger partial charge in [0, 0.05) is 37.3 Å². The lowest BCUT2D eigenvalue weighted by Crippen LogP contribution is -2.30. The Balaban J connectivity index is 1.44. The number of aromatic amines is 1. The van der Waals surface area contributed by atoms with E-state index in [1.807, 2.05) is 49.4 Å². The summed E-state index contributed by atoms with van der Waals surface area (Å²) in [6.07, 6.45) is 0.938. The second kappa shape index (κ2) is 7.30. The lowest BCUT2D eigenvalue weighted by atomic mass is 10.0. The molecule has 0 fully saturated rings. The topological polar surface area (TPSA) is 41.2 Å². The smallest absolute Gasteiger partial charge is 0.132 e. The van der Waals surface area contributed by atoms with Crippen molar-refractivity contribution < 1.29 is 9.13 Å². The molecule has 0 unspecified atom stereocenters. The van der Waals surface area contributed by atoms with Gasteiger partial charge in [-0.15, -0.1) is 0 Å². The molecular weight excluding hydrogens is 329 g/mol. The molecule has 2 heterocycles. The number of nitrogens with zero attached hydrogens (tertiary/aromatic N) is 2. The van der Waals surface area contributed by atoms with Gasteiger partial charge in [-0.3, -0.25) is 10.00 Å². The van der Waals surface area contributed by atoms with Crippen LogP contribution in [0.1, 0.15) is 28.1 Å². The summed E-state index contributed by atoms with van der Waals surface area (Å²) in [5.41, 5.74) is 5.22. The maximum atomic E-state index is 13.5. The minimum absolute atomic E-state index is 0.148. The number of rotatable bonds is 5. The first-order valence-corrected chi connectivity index (χ1v) is 8.89. The first-order valence-electron chi connectivity index (χ1n) is 8.89. The number of hydrogen-bond donors (Lipinski definition) is 1. The molecule has 3 aromatic rings. The molecule has 1 aliphatic heterocycles. The number of aromatic nitrogens is 2. The van der Waals surface area contributed by atoms with Gasteiger partial charge in [0.05, 0.1) is 0 Å². The maximum Gasteiger partial charge on any atom is 0.132 e. The highest BCUT2D eigenvalue weighted by Crippen LogP contribution is 2.23. The van der Waals surface area contributed by atoms with Crippen LogP contribution < -0.4 is 4.74 Å². The minimum atomic E-state index is -0.148. The first kappa shape index (κ1) is 16.8. The lowest BCUT2D eigenvalue weighted by molar-refractivity contribution is 0.240. The summed E-state index contributed by atoms with van der Waals surface area (Å²) in [4.78, 5) is 2.37. The van der Waals surface area contributed by atoms with E-state index < -0.39 is 0 Å². The quantitative estimate of drug-likeness (QED) is 0.755. The summed E-state index contributed by atoms with van der Waals surface area (Å²) >= 11 is 0. The number of aryl methyl sites for hydroxylation is 1. The zero-order valence-electron chi connectivity index (χ0n) is 14.8. The Kier molecular flexibility index (Phi) is 4.71. The molecule has 1 aliphatic rings. The number of para-hydroxylation sites is 1. The summed E-state index contributed by atoms with van der Waals surface area (Å²) in [6.45, 7) is 4.87. The molecule has 2 aromatic carbocycles. The molecule has 0 spiro atoms. The second-order valence-corrected chi connectivity index (χ2v) is 6.77. The van der Waals surface area contributed by atoms with Gasteiger partial charge in [-0.25, -0.2) is 4.39 Å². The molecule has 0 aliphatic carbocycles. The molecule has 134 valence electrons. The van der Waals surface area contributed by atoms with Crippen LogP contribution in [-0.2, 0) is 26.1 Å². The molecular formula is C21H22FN3O. The zero-order chi connectivity index (χ0) is 17.9. The van der Waals surface area contributed by atoms with E-state index in [1.54, 1.807) is 6.07 Å². The lowest BCUT2D eigenvalue weighted by Gasteiger charge is -2.27. The van der Waals surface area contributed by atoms with Crippen molar-refractivity contribution in [2.24, 2.45) is 0 Å². The SMILES string of the molecule is Cc1cc(CN2CCc3[nH]nc(COc4ccccc4)c3C2)ccc1F. The van der Waals surface area contributed by atoms with Crippen molar-refractivity contribution in [2.75, 3.05) is 6.54 Å². The molecule has 1 N–H and O–H groups in total. The van der Waals surface area contributed by atoms with Gasteiger partial charge >= 0.3 is 0 Å². The van der Waals surface area contributed by atoms with Crippen molar-refractivity contribution in [1.29, 1.82) is 0 Å². The van der Waals surface area contributed by atoms with Gasteiger partial charge in [0.1, 0.15) is 23.9 Å². The van der Waals surface area contributed by atoms with E-state index in [9.17, 15) is 4.39 Å². The number of benzene rings is 2. The standard InChI is InChI=1S/C21H22FN3O/c1-15-11-16(7-8-19(15)22)12-25-10-9-20-18(13-25)21(24-23-20)14-26-17-5-3-2-4-6-17/h2-8,11H,9-10,12-14H2,1H3,(H,23,24). The monoisotopic (exact) mass is 351 g/mol. The fourth-order valence-electron chi connectivity index (χ4n) is 3.40. The highest BCUT2D eigenvalue weighted by Gasteiger charge is 2.22. The van der Waals surface area contributed by atoms with Gasteiger partial charge in [-0.1, -0.05) is 30.3 Å². The van der Waals surface area contributed by atoms with Gasteiger partial charge in [-0.2, -0.15) is 5.10 Å². The maximum absolute atomic E-state index is 13.5. The van der Waals surface area contributed by atoms with Crippen LogP contribution in [0.15, 0.2) is 48.5 Å². The number of nitrogens with one attached hydrogen (secondary N) is 1. The number of H-pyrrole nitrogens is 1. The van der Waals surface area contributed by atoms with E-state index in [-0.39, 0.29) is 5.82 Å². The Morgan fingerprint density at radius 2 is 2.04 bits per heavy atom. The summed E-state index contributed by atoms with van der Waals surface area (Å²) in [5.74, 6) is 0.698.